The first-order valence-electron chi connectivity index (χ1n) is 6.17. The van der Waals surface area contributed by atoms with Gasteiger partial charge in [0.05, 0.1) is 11.4 Å². The van der Waals surface area contributed by atoms with Gasteiger partial charge in [-0.2, -0.15) is 0 Å². The summed E-state index contributed by atoms with van der Waals surface area (Å²) in [6, 6.07) is 8.31. The Balaban J connectivity index is 2.26. The van der Waals surface area contributed by atoms with E-state index in [-0.39, 0.29) is 0 Å². The average molecular weight is 319 g/mol. The number of fused-ring (bicyclic) bond motifs is 1. The molecule has 0 spiro atoms. The fourth-order valence-electron chi connectivity index (χ4n) is 2.47. The van der Waals surface area contributed by atoms with E-state index in [9.17, 15) is 0 Å². The van der Waals surface area contributed by atoms with Gasteiger partial charge < -0.3 is 15.3 Å². The second-order valence-corrected chi connectivity index (χ2v) is 5.31. The second-order valence-electron chi connectivity index (χ2n) is 4.56. The number of rotatable bonds is 3. The Kier molecular flexibility index (Phi) is 3.16. The number of aromatic amines is 2. The molecule has 3 rings (SSSR count). The Hall–Kier alpha value is -1.59. The predicted octanol–water partition coefficient (Wildman–Crippen LogP) is 3.35. The maximum atomic E-state index is 4.58. The molecule has 2 heterocycles. The van der Waals surface area contributed by atoms with Crippen LogP contribution < -0.4 is 5.32 Å². The van der Waals surface area contributed by atoms with Crippen molar-refractivity contribution < 1.29 is 0 Å². The molecule has 2 aromatic heterocycles. The molecule has 0 aliphatic carbocycles. The largest absolute Gasteiger partial charge is 0.358 e. The topological polar surface area (TPSA) is 56.5 Å². The van der Waals surface area contributed by atoms with E-state index in [0.717, 1.165) is 33.9 Å². The molecular weight excluding hydrogens is 304 g/mol. The highest BCUT2D eigenvalue weighted by Gasteiger charge is 2.17. The average Bonchev–Trinajstić information content (AvgIpc) is 2.89. The van der Waals surface area contributed by atoms with Crippen LogP contribution in [0, 0.1) is 6.92 Å². The number of H-pyrrole nitrogens is 2. The van der Waals surface area contributed by atoms with E-state index in [1.807, 2.05) is 13.1 Å². The SMILES string of the molecule is CNCc1[nH]c(Br)nc1-c1c(C)[nH]c2ccccc12. The van der Waals surface area contributed by atoms with Gasteiger partial charge in [0.25, 0.3) is 0 Å². The van der Waals surface area contributed by atoms with Gasteiger partial charge in [-0.25, -0.2) is 4.98 Å². The van der Waals surface area contributed by atoms with Crippen molar-refractivity contribution in [2.45, 2.75) is 13.5 Å². The van der Waals surface area contributed by atoms with Crippen molar-refractivity contribution in [1.29, 1.82) is 0 Å². The van der Waals surface area contributed by atoms with E-state index in [2.05, 4.69) is 61.3 Å². The predicted molar refractivity (Wildman–Crippen MR) is 81.1 cm³/mol. The lowest BCUT2D eigenvalue weighted by Crippen LogP contribution is -2.06. The van der Waals surface area contributed by atoms with E-state index >= 15 is 0 Å². The minimum Gasteiger partial charge on any atom is -0.358 e. The van der Waals surface area contributed by atoms with Crippen molar-refractivity contribution in [3.05, 3.63) is 40.4 Å². The van der Waals surface area contributed by atoms with E-state index in [4.69, 9.17) is 0 Å². The minimum absolute atomic E-state index is 0.757. The Morgan fingerprint density at radius 1 is 1.26 bits per heavy atom. The van der Waals surface area contributed by atoms with Gasteiger partial charge in [0.1, 0.15) is 0 Å². The third kappa shape index (κ3) is 2.09. The number of imidazole rings is 1. The quantitative estimate of drug-likeness (QED) is 0.693. The number of nitrogens with one attached hydrogen (secondary N) is 3. The summed E-state index contributed by atoms with van der Waals surface area (Å²) in [7, 11) is 1.93. The fourth-order valence-corrected chi connectivity index (χ4v) is 2.89. The zero-order valence-electron chi connectivity index (χ0n) is 10.8. The number of hydrogen-bond donors (Lipinski definition) is 3. The van der Waals surface area contributed by atoms with Gasteiger partial charge >= 0.3 is 0 Å². The van der Waals surface area contributed by atoms with Crippen LogP contribution >= 0.6 is 15.9 Å². The summed E-state index contributed by atoms with van der Waals surface area (Å²) in [6.45, 7) is 2.84. The molecule has 0 fully saturated rings. The number of aryl methyl sites for hydroxylation is 1. The number of hydrogen-bond acceptors (Lipinski definition) is 2. The van der Waals surface area contributed by atoms with Crippen molar-refractivity contribution in [2.75, 3.05) is 7.05 Å². The Morgan fingerprint density at radius 2 is 2.05 bits per heavy atom. The lowest BCUT2D eigenvalue weighted by atomic mass is 10.1. The van der Waals surface area contributed by atoms with E-state index in [1.54, 1.807) is 0 Å². The summed E-state index contributed by atoms with van der Waals surface area (Å²) in [6.07, 6.45) is 0. The summed E-state index contributed by atoms with van der Waals surface area (Å²) >= 11 is 3.42. The Morgan fingerprint density at radius 3 is 2.84 bits per heavy atom. The van der Waals surface area contributed by atoms with Crippen LogP contribution in [0.5, 0.6) is 0 Å². The molecule has 0 aliphatic heterocycles. The second kappa shape index (κ2) is 4.83. The maximum Gasteiger partial charge on any atom is 0.175 e. The number of nitrogens with zero attached hydrogens (tertiary/aromatic N) is 1. The van der Waals surface area contributed by atoms with Gasteiger partial charge in [-0.3, -0.25) is 0 Å². The summed E-state index contributed by atoms with van der Waals surface area (Å²) in [5, 5.41) is 4.37. The minimum atomic E-state index is 0.757. The monoisotopic (exact) mass is 318 g/mol. The molecule has 3 aromatic rings. The van der Waals surface area contributed by atoms with Crippen LogP contribution in [0.2, 0.25) is 0 Å². The molecule has 0 saturated heterocycles. The van der Waals surface area contributed by atoms with Crippen molar-refractivity contribution >= 4 is 26.8 Å². The highest BCUT2D eigenvalue weighted by atomic mass is 79.9. The molecule has 4 nitrogen and oxygen atoms in total. The lowest BCUT2D eigenvalue weighted by molar-refractivity contribution is 0.797. The molecule has 5 heteroatoms. The first-order valence-corrected chi connectivity index (χ1v) is 6.96. The zero-order valence-corrected chi connectivity index (χ0v) is 12.4. The van der Waals surface area contributed by atoms with E-state index in [1.165, 1.54) is 10.9 Å². The van der Waals surface area contributed by atoms with Gasteiger partial charge in [-0.15, -0.1) is 0 Å². The molecule has 0 unspecified atom stereocenters. The van der Waals surface area contributed by atoms with Crippen LogP contribution in [0.15, 0.2) is 29.0 Å². The molecule has 1 aromatic carbocycles. The Bertz CT molecular complexity index is 726. The van der Waals surface area contributed by atoms with Crippen LogP contribution in [0.1, 0.15) is 11.4 Å². The summed E-state index contributed by atoms with van der Waals surface area (Å²) in [5.41, 5.74) is 5.53. The van der Waals surface area contributed by atoms with Gasteiger partial charge in [0.2, 0.25) is 0 Å². The zero-order chi connectivity index (χ0) is 13.4. The molecule has 0 aliphatic rings. The van der Waals surface area contributed by atoms with Crippen molar-refractivity contribution in [3.8, 4) is 11.3 Å². The number of para-hydroxylation sites is 1. The molecule has 0 atom stereocenters. The van der Waals surface area contributed by atoms with Gasteiger partial charge in [-0.1, -0.05) is 18.2 Å². The standard InChI is InChI=1S/C14H15BrN4/c1-8-12(9-5-3-4-6-10(9)17-8)13-11(7-16-2)18-14(15)19-13/h3-6,16-17H,7H2,1-2H3,(H,18,19). The van der Waals surface area contributed by atoms with Crippen molar-refractivity contribution in [3.63, 3.8) is 0 Å². The van der Waals surface area contributed by atoms with Crippen LogP contribution in [0.4, 0.5) is 0 Å². The Labute approximate surface area is 119 Å². The molecule has 0 amide bonds. The van der Waals surface area contributed by atoms with Crippen LogP contribution in [-0.2, 0) is 6.54 Å². The molecule has 19 heavy (non-hydrogen) atoms. The molecular formula is C14H15BrN4. The van der Waals surface area contributed by atoms with Gasteiger partial charge in [-0.05, 0) is 36.0 Å². The molecule has 98 valence electrons. The summed E-state index contributed by atoms with van der Waals surface area (Å²) in [5.74, 6) is 0. The van der Waals surface area contributed by atoms with Gasteiger partial charge in [0, 0.05) is 28.7 Å². The first kappa shape index (κ1) is 12.4. The highest BCUT2D eigenvalue weighted by Crippen LogP contribution is 2.33. The lowest BCUT2D eigenvalue weighted by Gasteiger charge is -2.02. The van der Waals surface area contributed by atoms with Crippen LogP contribution in [-0.4, -0.2) is 22.0 Å². The molecule has 0 radical (unpaired) electrons. The number of halogens is 1. The summed E-state index contributed by atoms with van der Waals surface area (Å²) < 4.78 is 0.762. The highest BCUT2D eigenvalue weighted by molar-refractivity contribution is 9.10. The van der Waals surface area contributed by atoms with E-state index in [0.29, 0.717) is 0 Å². The molecule has 0 bridgehead atoms. The smallest absolute Gasteiger partial charge is 0.175 e. The molecule has 0 saturated carbocycles. The third-order valence-electron chi connectivity index (χ3n) is 3.23. The van der Waals surface area contributed by atoms with E-state index < -0.39 is 0 Å². The fraction of sp³-hybridized carbons (Fsp3) is 0.214. The number of benzene rings is 1. The maximum absolute atomic E-state index is 4.58. The van der Waals surface area contributed by atoms with Crippen LogP contribution in [0.3, 0.4) is 0 Å². The van der Waals surface area contributed by atoms with Gasteiger partial charge in [0.15, 0.2) is 4.73 Å². The third-order valence-corrected chi connectivity index (χ3v) is 3.61. The first-order chi connectivity index (χ1) is 9.20. The number of aromatic nitrogens is 3. The van der Waals surface area contributed by atoms with Crippen LogP contribution in [0.25, 0.3) is 22.2 Å². The normalized spacial score (nSPS) is 11.3. The summed E-state index contributed by atoms with van der Waals surface area (Å²) in [4.78, 5) is 11.3. The van der Waals surface area contributed by atoms with Crippen molar-refractivity contribution in [2.24, 2.45) is 0 Å². The van der Waals surface area contributed by atoms with Crippen molar-refractivity contribution in [1.82, 2.24) is 20.3 Å². The molecule has 3 N–H and O–H groups in total.